The first-order valence-electron chi connectivity index (χ1n) is 1.95. The van der Waals surface area contributed by atoms with Crippen LogP contribution in [0.25, 0.3) is 0 Å². The molecule has 0 aromatic heterocycles. The van der Waals surface area contributed by atoms with Gasteiger partial charge in [0.15, 0.2) is 10.8 Å². The van der Waals surface area contributed by atoms with Gasteiger partial charge in [-0.15, -0.1) is 0 Å². The molecule has 1 heterocycles. The van der Waals surface area contributed by atoms with Gasteiger partial charge in [-0.2, -0.15) is 0 Å². The van der Waals surface area contributed by atoms with Gasteiger partial charge in [0.1, 0.15) is 0 Å². The lowest BCUT2D eigenvalue weighted by molar-refractivity contribution is 0.232. The summed E-state index contributed by atoms with van der Waals surface area (Å²) >= 11 is 10.8. The molecule has 0 aromatic carbocycles. The summed E-state index contributed by atoms with van der Waals surface area (Å²) < 4.78 is 4.75. The summed E-state index contributed by atoms with van der Waals surface area (Å²) in [4.78, 5) is 0. The lowest BCUT2D eigenvalue weighted by Gasteiger charge is -1.97. The van der Waals surface area contributed by atoms with E-state index >= 15 is 0 Å². The van der Waals surface area contributed by atoms with Gasteiger partial charge in [-0.3, -0.25) is 0 Å². The fourth-order valence-corrected chi connectivity index (χ4v) is 0.831. The second-order valence-corrected chi connectivity index (χ2v) is 2.13. The normalized spacial score (nSPS) is 29.4. The van der Waals surface area contributed by atoms with Gasteiger partial charge in [0, 0.05) is 6.42 Å². The molecule has 1 unspecified atom stereocenters. The predicted molar refractivity (Wildman–Crippen MR) is 29.3 cm³/mol. The van der Waals surface area contributed by atoms with Gasteiger partial charge >= 0.3 is 0 Å². The summed E-state index contributed by atoms with van der Waals surface area (Å²) in [6.07, 6.45) is 2.47. The van der Waals surface area contributed by atoms with Gasteiger partial charge in [0.25, 0.3) is 0 Å². The second-order valence-electron chi connectivity index (χ2n) is 1.27. The van der Waals surface area contributed by atoms with Crippen molar-refractivity contribution in [2.75, 3.05) is 0 Å². The van der Waals surface area contributed by atoms with Crippen molar-refractivity contribution in [3.8, 4) is 0 Å². The molecule has 3 heteroatoms. The molecule has 1 rings (SSSR count). The maximum Gasteiger partial charge on any atom is 0.185 e. The molecule has 1 aliphatic rings. The van der Waals surface area contributed by atoms with Crippen LogP contribution in [-0.2, 0) is 4.74 Å². The minimum absolute atomic E-state index is 0.229. The average Bonchev–Trinajstić information content (AvgIpc) is 1.87. The van der Waals surface area contributed by atoms with Crippen molar-refractivity contribution in [2.45, 2.75) is 12.0 Å². The lowest BCUT2D eigenvalue weighted by atomic mass is 10.5. The molecule has 1 nitrogen and oxygen atoms in total. The number of hydrogen-bond donors (Lipinski definition) is 0. The van der Waals surface area contributed by atoms with Crippen molar-refractivity contribution in [3.05, 3.63) is 11.3 Å². The quantitative estimate of drug-likeness (QED) is 0.466. The summed E-state index contributed by atoms with van der Waals surface area (Å²) in [6.45, 7) is 0. The van der Waals surface area contributed by atoms with Crippen LogP contribution < -0.4 is 0 Å². The summed E-state index contributed by atoms with van der Waals surface area (Å²) in [5.41, 5.74) is -0.229. The van der Waals surface area contributed by atoms with E-state index < -0.39 is 0 Å². The van der Waals surface area contributed by atoms with Crippen molar-refractivity contribution in [3.63, 3.8) is 0 Å². The van der Waals surface area contributed by atoms with Gasteiger partial charge in [-0.05, 0) is 17.7 Å². The van der Waals surface area contributed by atoms with Crippen LogP contribution in [0.1, 0.15) is 6.42 Å². The van der Waals surface area contributed by atoms with E-state index in [0.29, 0.717) is 5.22 Å². The highest BCUT2D eigenvalue weighted by Crippen LogP contribution is 2.21. The highest BCUT2D eigenvalue weighted by molar-refractivity contribution is 6.29. The van der Waals surface area contributed by atoms with Crippen molar-refractivity contribution >= 4 is 23.2 Å². The molecule has 0 aromatic rings. The standard InChI is InChI=1S/C4H4Cl2O/c5-3-1-2-4(6)7-3/h1,4H,2H2. The van der Waals surface area contributed by atoms with Crippen LogP contribution in [0.5, 0.6) is 0 Å². The summed E-state index contributed by atoms with van der Waals surface area (Å²) in [5.74, 6) is 0. The number of alkyl halides is 1. The monoisotopic (exact) mass is 138 g/mol. The van der Waals surface area contributed by atoms with Crippen molar-refractivity contribution in [2.24, 2.45) is 0 Å². The number of ether oxygens (including phenoxy) is 1. The highest BCUT2D eigenvalue weighted by Gasteiger charge is 2.11. The van der Waals surface area contributed by atoms with Gasteiger partial charge in [-0.1, -0.05) is 11.6 Å². The van der Waals surface area contributed by atoms with E-state index in [1.54, 1.807) is 6.08 Å². The summed E-state index contributed by atoms with van der Waals surface area (Å²) in [5, 5.41) is 0.417. The first-order valence-corrected chi connectivity index (χ1v) is 2.77. The van der Waals surface area contributed by atoms with Gasteiger partial charge in [-0.25, -0.2) is 0 Å². The zero-order valence-electron chi connectivity index (χ0n) is 3.53. The molecule has 0 bridgehead atoms. The maximum atomic E-state index is 5.45. The molecule has 0 radical (unpaired) electrons. The molecule has 0 amide bonds. The third-order valence-electron chi connectivity index (χ3n) is 0.704. The third kappa shape index (κ3) is 1.25. The fourth-order valence-electron chi connectivity index (χ4n) is 0.404. The van der Waals surface area contributed by atoms with Crippen LogP contribution in [0.4, 0.5) is 0 Å². The Labute approximate surface area is 51.9 Å². The van der Waals surface area contributed by atoms with E-state index in [9.17, 15) is 0 Å². The maximum absolute atomic E-state index is 5.45. The zero-order chi connectivity index (χ0) is 5.28. The first kappa shape index (κ1) is 5.26. The van der Waals surface area contributed by atoms with Gasteiger partial charge in [0.05, 0.1) is 0 Å². The van der Waals surface area contributed by atoms with Crippen LogP contribution in [0.3, 0.4) is 0 Å². The molecule has 1 aliphatic heterocycles. The molecule has 0 aliphatic carbocycles. The molecule has 40 valence electrons. The van der Waals surface area contributed by atoms with Crippen LogP contribution in [0, 0.1) is 0 Å². The largest absolute Gasteiger partial charge is 0.464 e. The van der Waals surface area contributed by atoms with Crippen molar-refractivity contribution < 1.29 is 4.74 Å². The van der Waals surface area contributed by atoms with E-state index in [4.69, 9.17) is 27.9 Å². The van der Waals surface area contributed by atoms with E-state index in [0.717, 1.165) is 6.42 Å². The first-order chi connectivity index (χ1) is 3.29. The molecule has 1 atom stereocenters. The highest BCUT2D eigenvalue weighted by atomic mass is 35.5. The molecule has 7 heavy (non-hydrogen) atoms. The van der Waals surface area contributed by atoms with E-state index in [-0.39, 0.29) is 5.56 Å². The Balaban J connectivity index is 2.42. The van der Waals surface area contributed by atoms with Crippen LogP contribution in [0.2, 0.25) is 0 Å². The molecule has 0 spiro atoms. The minimum atomic E-state index is -0.229. The fraction of sp³-hybridized carbons (Fsp3) is 0.500. The Hall–Kier alpha value is 0.120. The Morgan fingerprint density at radius 2 is 2.57 bits per heavy atom. The topological polar surface area (TPSA) is 9.23 Å². The van der Waals surface area contributed by atoms with E-state index in [1.807, 2.05) is 0 Å². The average molecular weight is 139 g/mol. The molecular weight excluding hydrogens is 135 g/mol. The summed E-state index contributed by atoms with van der Waals surface area (Å²) in [7, 11) is 0. The minimum Gasteiger partial charge on any atom is -0.464 e. The number of halogens is 2. The molecular formula is C4H4Cl2O. The Kier molecular flexibility index (Phi) is 1.45. The van der Waals surface area contributed by atoms with Crippen LogP contribution in [0.15, 0.2) is 11.3 Å². The second kappa shape index (κ2) is 1.93. The Morgan fingerprint density at radius 3 is 2.71 bits per heavy atom. The van der Waals surface area contributed by atoms with Crippen LogP contribution >= 0.6 is 23.2 Å². The zero-order valence-corrected chi connectivity index (χ0v) is 5.04. The van der Waals surface area contributed by atoms with Gasteiger partial charge < -0.3 is 4.74 Å². The van der Waals surface area contributed by atoms with Gasteiger partial charge in [0.2, 0.25) is 0 Å². The predicted octanol–water partition coefficient (Wildman–Crippen LogP) is 2.05. The molecule has 0 fully saturated rings. The lowest BCUT2D eigenvalue weighted by Crippen LogP contribution is -1.90. The SMILES string of the molecule is ClC1=CCC(Cl)O1. The molecule has 0 saturated heterocycles. The Bertz CT molecular complexity index is 99.9. The van der Waals surface area contributed by atoms with E-state index in [1.165, 1.54) is 0 Å². The van der Waals surface area contributed by atoms with Crippen LogP contribution in [-0.4, -0.2) is 5.56 Å². The molecule has 0 saturated carbocycles. The summed E-state index contributed by atoms with van der Waals surface area (Å²) in [6, 6.07) is 0. The number of rotatable bonds is 0. The van der Waals surface area contributed by atoms with Crippen molar-refractivity contribution in [1.82, 2.24) is 0 Å². The Morgan fingerprint density at radius 1 is 1.86 bits per heavy atom. The third-order valence-corrected chi connectivity index (χ3v) is 1.21. The van der Waals surface area contributed by atoms with Crippen molar-refractivity contribution in [1.29, 1.82) is 0 Å². The number of hydrogen-bond acceptors (Lipinski definition) is 1. The van der Waals surface area contributed by atoms with E-state index in [2.05, 4.69) is 0 Å². The smallest absolute Gasteiger partial charge is 0.185 e. The molecule has 0 N–H and O–H groups in total.